The number of sulfonamides is 1. The van der Waals surface area contributed by atoms with Gasteiger partial charge in [-0.1, -0.05) is 23.2 Å². The first kappa shape index (κ1) is 15.7. The standard InChI is InChI=1S/C10H14Cl2N2O3S/c11-9-6-8(7-13-10(9)12)18(16,17)14-4-2-1-3-5-15/h6-7,14-15H,1-5H2. The number of unbranched alkanes of at least 4 members (excludes halogenated alkanes) is 2. The number of aromatic nitrogens is 1. The minimum absolute atomic E-state index is 0.0148. The topological polar surface area (TPSA) is 79.3 Å². The summed E-state index contributed by atoms with van der Waals surface area (Å²) in [4.78, 5) is 3.67. The van der Waals surface area contributed by atoms with E-state index in [-0.39, 0.29) is 21.7 Å². The molecule has 0 atom stereocenters. The summed E-state index contributed by atoms with van der Waals surface area (Å²) in [6, 6.07) is 1.26. The molecule has 5 nitrogen and oxygen atoms in total. The Labute approximate surface area is 116 Å². The summed E-state index contributed by atoms with van der Waals surface area (Å²) in [6.07, 6.45) is 3.24. The normalized spacial score (nSPS) is 11.7. The predicted molar refractivity (Wildman–Crippen MR) is 70.4 cm³/mol. The number of halogens is 2. The molecule has 102 valence electrons. The van der Waals surface area contributed by atoms with Crippen molar-refractivity contribution in [3.05, 3.63) is 22.4 Å². The van der Waals surface area contributed by atoms with Gasteiger partial charge in [0.25, 0.3) is 0 Å². The third-order valence-corrected chi connectivity index (χ3v) is 4.32. The van der Waals surface area contributed by atoms with E-state index in [1.165, 1.54) is 6.07 Å². The minimum atomic E-state index is -3.60. The summed E-state index contributed by atoms with van der Waals surface area (Å²) < 4.78 is 26.1. The highest BCUT2D eigenvalue weighted by molar-refractivity contribution is 7.89. The maximum absolute atomic E-state index is 11.8. The van der Waals surface area contributed by atoms with Crippen molar-refractivity contribution >= 4 is 33.2 Å². The van der Waals surface area contributed by atoms with E-state index in [2.05, 4.69) is 9.71 Å². The molecule has 0 aromatic carbocycles. The molecule has 2 N–H and O–H groups in total. The van der Waals surface area contributed by atoms with Crippen LogP contribution in [0.1, 0.15) is 19.3 Å². The molecule has 0 amide bonds. The highest BCUT2D eigenvalue weighted by Crippen LogP contribution is 2.21. The smallest absolute Gasteiger partial charge is 0.242 e. The molecule has 0 aliphatic heterocycles. The zero-order valence-corrected chi connectivity index (χ0v) is 11.9. The van der Waals surface area contributed by atoms with Crippen molar-refractivity contribution in [2.75, 3.05) is 13.2 Å². The fraction of sp³-hybridized carbons (Fsp3) is 0.500. The summed E-state index contributed by atoms with van der Waals surface area (Å²) in [5.41, 5.74) is 0. The van der Waals surface area contributed by atoms with Crippen molar-refractivity contribution in [3.8, 4) is 0 Å². The summed E-state index contributed by atoms with van der Waals surface area (Å²) in [7, 11) is -3.60. The molecule has 8 heteroatoms. The molecule has 1 heterocycles. The summed E-state index contributed by atoms with van der Waals surface area (Å²) in [6.45, 7) is 0.423. The van der Waals surface area contributed by atoms with E-state index in [0.29, 0.717) is 19.4 Å². The zero-order valence-electron chi connectivity index (χ0n) is 9.57. The van der Waals surface area contributed by atoms with Crippen molar-refractivity contribution in [3.63, 3.8) is 0 Å². The van der Waals surface area contributed by atoms with Gasteiger partial charge in [0.15, 0.2) is 0 Å². The fourth-order valence-corrected chi connectivity index (χ4v) is 2.63. The summed E-state index contributed by atoms with van der Waals surface area (Å²) in [5.74, 6) is 0. The van der Waals surface area contributed by atoms with E-state index in [4.69, 9.17) is 28.3 Å². The summed E-state index contributed by atoms with van der Waals surface area (Å²) >= 11 is 11.3. The lowest BCUT2D eigenvalue weighted by atomic mass is 10.2. The number of nitrogens with one attached hydrogen (secondary N) is 1. The van der Waals surface area contributed by atoms with E-state index in [0.717, 1.165) is 12.6 Å². The van der Waals surface area contributed by atoms with Crippen LogP contribution in [-0.4, -0.2) is 31.7 Å². The Bertz CT molecular complexity index is 494. The van der Waals surface area contributed by atoms with Crippen LogP contribution < -0.4 is 4.72 Å². The number of pyridine rings is 1. The lowest BCUT2D eigenvalue weighted by Gasteiger charge is -2.06. The molecule has 1 aromatic rings. The Balaban J connectivity index is 2.60. The van der Waals surface area contributed by atoms with E-state index < -0.39 is 10.0 Å². The first-order valence-corrected chi connectivity index (χ1v) is 7.63. The van der Waals surface area contributed by atoms with Gasteiger partial charge >= 0.3 is 0 Å². The number of aliphatic hydroxyl groups excluding tert-OH is 1. The van der Waals surface area contributed by atoms with E-state index in [1.807, 2.05) is 0 Å². The lowest BCUT2D eigenvalue weighted by Crippen LogP contribution is -2.25. The molecule has 0 fully saturated rings. The van der Waals surface area contributed by atoms with Gasteiger partial charge in [-0.25, -0.2) is 18.1 Å². The maximum atomic E-state index is 11.8. The quantitative estimate of drug-likeness (QED) is 0.594. The van der Waals surface area contributed by atoms with Crippen LogP contribution >= 0.6 is 23.2 Å². The predicted octanol–water partition coefficient (Wildman–Crippen LogP) is 1.83. The van der Waals surface area contributed by atoms with Gasteiger partial charge in [0.1, 0.15) is 10.0 Å². The van der Waals surface area contributed by atoms with Crippen molar-refractivity contribution in [1.82, 2.24) is 9.71 Å². The first-order chi connectivity index (χ1) is 8.47. The second-order valence-electron chi connectivity index (χ2n) is 3.63. The van der Waals surface area contributed by atoms with Gasteiger partial charge in [-0.15, -0.1) is 0 Å². The molecule has 0 radical (unpaired) electrons. The van der Waals surface area contributed by atoms with Crippen molar-refractivity contribution in [2.24, 2.45) is 0 Å². The molecule has 18 heavy (non-hydrogen) atoms. The zero-order chi connectivity index (χ0) is 13.6. The SMILES string of the molecule is O=S(=O)(NCCCCCO)c1cnc(Cl)c(Cl)c1. The van der Waals surface area contributed by atoms with Gasteiger partial charge < -0.3 is 5.11 Å². The number of hydrogen-bond donors (Lipinski definition) is 2. The number of rotatable bonds is 7. The molecule has 0 bridgehead atoms. The molecule has 0 aliphatic carbocycles. The van der Waals surface area contributed by atoms with Crippen LogP contribution in [0.2, 0.25) is 10.2 Å². The minimum Gasteiger partial charge on any atom is -0.396 e. The Kier molecular flexibility index (Phi) is 6.31. The molecule has 1 rings (SSSR count). The third kappa shape index (κ3) is 4.70. The molecule has 0 spiro atoms. The number of aliphatic hydroxyl groups is 1. The molecule has 0 saturated heterocycles. The molecular weight excluding hydrogens is 299 g/mol. The average molecular weight is 313 g/mol. The summed E-state index contributed by atoms with van der Waals surface area (Å²) in [5, 5.41) is 8.75. The van der Waals surface area contributed by atoms with Gasteiger partial charge in [-0.05, 0) is 25.3 Å². The highest BCUT2D eigenvalue weighted by atomic mass is 35.5. The Morgan fingerprint density at radius 2 is 2.00 bits per heavy atom. The second-order valence-corrected chi connectivity index (χ2v) is 6.16. The monoisotopic (exact) mass is 312 g/mol. The third-order valence-electron chi connectivity index (χ3n) is 2.21. The second kappa shape index (κ2) is 7.25. The molecule has 0 unspecified atom stereocenters. The van der Waals surface area contributed by atoms with Gasteiger partial charge in [0.2, 0.25) is 10.0 Å². The van der Waals surface area contributed by atoms with Crippen molar-refractivity contribution < 1.29 is 13.5 Å². The van der Waals surface area contributed by atoms with Crippen LogP contribution in [0, 0.1) is 0 Å². The largest absolute Gasteiger partial charge is 0.396 e. The Hall–Kier alpha value is -0.400. The highest BCUT2D eigenvalue weighted by Gasteiger charge is 2.15. The van der Waals surface area contributed by atoms with Gasteiger partial charge in [0.05, 0.1) is 5.02 Å². The van der Waals surface area contributed by atoms with E-state index in [9.17, 15) is 8.42 Å². The molecule has 0 saturated carbocycles. The van der Waals surface area contributed by atoms with Gasteiger partial charge in [-0.3, -0.25) is 0 Å². The lowest BCUT2D eigenvalue weighted by molar-refractivity contribution is 0.283. The first-order valence-electron chi connectivity index (χ1n) is 5.39. The van der Waals surface area contributed by atoms with Crippen molar-refractivity contribution in [2.45, 2.75) is 24.2 Å². The Morgan fingerprint density at radius 1 is 1.28 bits per heavy atom. The van der Waals surface area contributed by atoms with Crippen molar-refractivity contribution in [1.29, 1.82) is 0 Å². The van der Waals surface area contributed by atoms with Crippen LogP contribution in [0.3, 0.4) is 0 Å². The molecule has 1 aromatic heterocycles. The number of nitrogens with zero attached hydrogens (tertiary/aromatic N) is 1. The average Bonchev–Trinajstić information content (AvgIpc) is 2.32. The van der Waals surface area contributed by atoms with Crippen LogP contribution in [-0.2, 0) is 10.0 Å². The van der Waals surface area contributed by atoms with Crippen LogP contribution in [0.4, 0.5) is 0 Å². The van der Waals surface area contributed by atoms with E-state index in [1.54, 1.807) is 0 Å². The van der Waals surface area contributed by atoms with E-state index >= 15 is 0 Å². The fourth-order valence-electron chi connectivity index (χ4n) is 1.25. The van der Waals surface area contributed by atoms with Gasteiger partial charge in [-0.2, -0.15) is 0 Å². The Morgan fingerprint density at radius 3 is 2.61 bits per heavy atom. The maximum Gasteiger partial charge on any atom is 0.242 e. The van der Waals surface area contributed by atoms with Crippen LogP contribution in [0.15, 0.2) is 17.2 Å². The molecular formula is C10H14Cl2N2O3S. The van der Waals surface area contributed by atoms with Gasteiger partial charge in [0, 0.05) is 19.3 Å². The van der Waals surface area contributed by atoms with Crippen LogP contribution in [0.25, 0.3) is 0 Å². The van der Waals surface area contributed by atoms with Crippen LogP contribution in [0.5, 0.6) is 0 Å². The molecule has 0 aliphatic rings. The number of hydrogen-bond acceptors (Lipinski definition) is 4.